The lowest BCUT2D eigenvalue weighted by Crippen LogP contribution is -2.40. The van der Waals surface area contributed by atoms with Gasteiger partial charge in [-0.05, 0) is 31.7 Å². The minimum atomic E-state index is -3.45. The molecule has 7 nitrogen and oxygen atoms in total. The van der Waals surface area contributed by atoms with Crippen molar-refractivity contribution in [2.24, 2.45) is 10.7 Å². The lowest BCUT2D eigenvalue weighted by atomic mass is 10.2. The fourth-order valence-electron chi connectivity index (χ4n) is 1.70. The van der Waals surface area contributed by atoms with Gasteiger partial charge in [-0.25, -0.2) is 18.1 Å². The van der Waals surface area contributed by atoms with Crippen LogP contribution < -0.4 is 15.8 Å². The third-order valence-corrected chi connectivity index (χ3v) is 4.13. The molecule has 0 aromatic heterocycles. The highest BCUT2D eigenvalue weighted by Crippen LogP contribution is 2.11. The van der Waals surface area contributed by atoms with Gasteiger partial charge in [0.1, 0.15) is 0 Å². The van der Waals surface area contributed by atoms with Crippen molar-refractivity contribution in [1.82, 2.24) is 10.0 Å². The number of nitrogens with zero attached hydrogens (tertiary/aromatic N) is 1. The molecule has 4 N–H and O–H groups in total. The van der Waals surface area contributed by atoms with Crippen LogP contribution in [-0.2, 0) is 21.3 Å². The van der Waals surface area contributed by atoms with E-state index in [2.05, 4.69) is 15.0 Å². The molecule has 0 aliphatic carbocycles. The SMILES string of the molecule is CNS(=O)(=O)c1cccc(CN=C(N)NC(C)COC)c1. The van der Waals surface area contributed by atoms with E-state index in [4.69, 9.17) is 10.5 Å². The second-order valence-electron chi connectivity index (χ2n) is 4.56. The van der Waals surface area contributed by atoms with E-state index in [0.717, 1.165) is 5.56 Å². The molecular weight excluding hydrogens is 292 g/mol. The summed E-state index contributed by atoms with van der Waals surface area (Å²) in [6, 6.07) is 6.62. The Labute approximate surface area is 125 Å². The van der Waals surface area contributed by atoms with E-state index in [1.807, 2.05) is 6.92 Å². The third-order valence-electron chi connectivity index (χ3n) is 2.72. The minimum Gasteiger partial charge on any atom is -0.383 e. The van der Waals surface area contributed by atoms with E-state index in [1.165, 1.54) is 13.1 Å². The highest BCUT2D eigenvalue weighted by atomic mass is 32.2. The molecule has 0 aliphatic rings. The first kappa shape index (κ1) is 17.4. The normalized spacial score (nSPS) is 14.0. The Morgan fingerprint density at radius 2 is 2.19 bits per heavy atom. The molecule has 0 bridgehead atoms. The molecule has 0 radical (unpaired) electrons. The van der Waals surface area contributed by atoms with E-state index in [1.54, 1.807) is 25.3 Å². The molecule has 1 rings (SSSR count). The van der Waals surface area contributed by atoms with Crippen LogP contribution in [0.1, 0.15) is 12.5 Å². The Balaban J connectivity index is 2.74. The molecule has 8 heteroatoms. The van der Waals surface area contributed by atoms with Crippen molar-refractivity contribution >= 4 is 16.0 Å². The van der Waals surface area contributed by atoms with Gasteiger partial charge < -0.3 is 15.8 Å². The molecule has 0 amide bonds. The number of hydrogen-bond donors (Lipinski definition) is 3. The van der Waals surface area contributed by atoms with Crippen LogP contribution >= 0.6 is 0 Å². The first-order chi connectivity index (χ1) is 9.89. The van der Waals surface area contributed by atoms with Crippen molar-refractivity contribution in [2.75, 3.05) is 20.8 Å². The van der Waals surface area contributed by atoms with Crippen LogP contribution in [0.2, 0.25) is 0 Å². The standard InChI is InChI=1S/C13H22N4O3S/c1-10(9-20-3)17-13(14)16-8-11-5-4-6-12(7-11)21(18,19)15-2/h4-7,10,15H,8-9H2,1-3H3,(H3,14,16,17). The van der Waals surface area contributed by atoms with Crippen molar-refractivity contribution in [3.05, 3.63) is 29.8 Å². The predicted octanol–water partition coefficient (Wildman–Crippen LogP) is 0.0339. The smallest absolute Gasteiger partial charge is 0.240 e. The maximum atomic E-state index is 11.7. The van der Waals surface area contributed by atoms with Gasteiger partial charge in [0.25, 0.3) is 0 Å². The Kier molecular flexibility index (Phi) is 6.60. The summed E-state index contributed by atoms with van der Waals surface area (Å²) in [6.07, 6.45) is 0. The molecule has 0 fully saturated rings. The first-order valence-electron chi connectivity index (χ1n) is 6.47. The van der Waals surface area contributed by atoms with Crippen LogP contribution in [0.5, 0.6) is 0 Å². The predicted molar refractivity (Wildman–Crippen MR) is 82.5 cm³/mol. The van der Waals surface area contributed by atoms with Gasteiger partial charge in [0.05, 0.1) is 18.0 Å². The molecule has 1 aromatic rings. The van der Waals surface area contributed by atoms with Crippen molar-refractivity contribution in [3.8, 4) is 0 Å². The largest absolute Gasteiger partial charge is 0.383 e. The summed E-state index contributed by atoms with van der Waals surface area (Å²) in [6.45, 7) is 2.74. The zero-order valence-electron chi connectivity index (χ0n) is 12.5. The molecule has 1 unspecified atom stereocenters. The Bertz CT molecular complexity index is 587. The minimum absolute atomic E-state index is 0.0507. The third kappa shape index (κ3) is 5.70. The van der Waals surface area contributed by atoms with E-state index in [9.17, 15) is 8.42 Å². The Morgan fingerprint density at radius 3 is 2.81 bits per heavy atom. The van der Waals surface area contributed by atoms with E-state index < -0.39 is 10.0 Å². The highest BCUT2D eigenvalue weighted by molar-refractivity contribution is 7.89. The average molecular weight is 314 g/mol. The Hall–Kier alpha value is -1.64. The summed E-state index contributed by atoms with van der Waals surface area (Å²) in [5.74, 6) is 0.293. The van der Waals surface area contributed by atoms with Crippen LogP contribution in [0.4, 0.5) is 0 Å². The van der Waals surface area contributed by atoms with E-state index in [0.29, 0.717) is 19.1 Å². The van der Waals surface area contributed by atoms with Crippen LogP contribution in [0.25, 0.3) is 0 Å². The fraction of sp³-hybridized carbons (Fsp3) is 0.462. The molecule has 0 heterocycles. The number of methoxy groups -OCH3 is 1. The van der Waals surface area contributed by atoms with Gasteiger partial charge in [0.15, 0.2) is 5.96 Å². The van der Waals surface area contributed by atoms with Crippen molar-refractivity contribution in [1.29, 1.82) is 0 Å². The quantitative estimate of drug-likeness (QED) is 0.486. The number of aliphatic imine (C=N–C) groups is 1. The number of rotatable bonds is 7. The van der Waals surface area contributed by atoms with Gasteiger partial charge in [0.2, 0.25) is 10.0 Å². The van der Waals surface area contributed by atoms with Gasteiger partial charge in [-0.15, -0.1) is 0 Å². The summed E-state index contributed by atoms with van der Waals surface area (Å²) in [5.41, 5.74) is 6.52. The zero-order chi connectivity index (χ0) is 15.9. The van der Waals surface area contributed by atoms with Gasteiger partial charge in [-0.1, -0.05) is 12.1 Å². The number of hydrogen-bond acceptors (Lipinski definition) is 4. The van der Waals surface area contributed by atoms with Crippen molar-refractivity contribution in [2.45, 2.75) is 24.4 Å². The number of nitrogens with two attached hydrogens (primary N) is 1. The lowest BCUT2D eigenvalue weighted by Gasteiger charge is -2.13. The summed E-state index contributed by atoms with van der Waals surface area (Å²) in [4.78, 5) is 4.38. The van der Waals surface area contributed by atoms with Gasteiger partial charge >= 0.3 is 0 Å². The molecular formula is C13H22N4O3S. The number of nitrogens with one attached hydrogen (secondary N) is 2. The summed E-state index contributed by atoms with van der Waals surface area (Å²) < 4.78 is 30.7. The topological polar surface area (TPSA) is 106 Å². The molecule has 0 saturated heterocycles. The zero-order valence-corrected chi connectivity index (χ0v) is 13.3. The average Bonchev–Trinajstić information content (AvgIpc) is 2.45. The Morgan fingerprint density at radius 1 is 1.48 bits per heavy atom. The monoisotopic (exact) mass is 314 g/mol. The van der Waals surface area contributed by atoms with Gasteiger partial charge in [-0.2, -0.15) is 0 Å². The summed E-state index contributed by atoms with van der Waals surface area (Å²) in [7, 11) is -0.463. The molecule has 0 saturated carbocycles. The second kappa shape index (κ2) is 7.96. The second-order valence-corrected chi connectivity index (χ2v) is 6.44. The molecule has 21 heavy (non-hydrogen) atoms. The van der Waals surface area contributed by atoms with Crippen LogP contribution in [0.3, 0.4) is 0 Å². The lowest BCUT2D eigenvalue weighted by molar-refractivity contribution is 0.179. The molecule has 118 valence electrons. The van der Waals surface area contributed by atoms with Crippen LogP contribution in [0.15, 0.2) is 34.2 Å². The van der Waals surface area contributed by atoms with E-state index in [-0.39, 0.29) is 10.9 Å². The van der Waals surface area contributed by atoms with Crippen LogP contribution in [0, 0.1) is 0 Å². The van der Waals surface area contributed by atoms with E-state index >= 15 is 0 Å². The van der Waals surface area contributed by atoms with Gasteiger partial charge in [-0.3, -0.25) is 0 Å². The molecule has 1 aromatic carbocycles. The van der Waals surface area contributed by atoms with Crippen molar-refractivity contribution < 1.29 is 13.2 Å². The number of guanidine groups is 1. The summed E-state index contributed by atoms with van der Waals surface area (Å²) >= 11 is 0. The van der Waals surface area contributed by atoms with Crippen LogP contribution in [-0.4, -0.2) is 41.2 Å². The number of ether oxygens (including phenoxy) is 1. The highest BCUT2D eigenvalue weighted by Gasteiger charge is 2.11. The maximum absolute atomic E-state index is 11.7. The fourth-order valence-corrected chi connectivity index (χ4v) is 2.50. The van der Waals surface area contributed by atoms with Crippen molar-refractivity contribution in [3.63, 3.8) is 0 Å². The molecule has 0 aliphatic heterocycles. The molecule has 0 spiro atoms. The maximum Gasteiger partial charge on any atom is 0.240 e. The summed E-state index contributed by atoms with van der Waals surface area (Å²) in [5, 5.41) is 2.98. The number of benzene rings is 1. The van der Waals surface area contributed by atoms with Gasteiger partial charge in [0, 0.05) is 13.2 Å². The number of sulfonamides is 1. The molecule has 1 atom stereocenters. The first-order valence-corrected chi connectivity index (χ1v) is 7.95.